The smallest absolute Gasteiger partial charge is 0.303 e. The molecule has 4 rings (SSSR count). The van der Waals surface area contributed by atoms with Gasteiger partial charge in [-0.3, -0.25) is 9.69 Å². The molecule has 0 aliphatic carbocycles. The number of fused-ring (bicyclic) bond motifs is 1. The van der Waals surface area contributed by atoms with Crippen molar-refractivity contribution >= 4 is 17.6 Å². The van der Waals surface area contributed by atoms with Crippen LogP contribution in [-0.4, -0.2) is 39.0 Å². The van der Waals surface area contributed by atoms with E-state index in [1.54, 1.807) is 18.3 Å². The number of aliphatic carboxylic acids is 1. The molecule has 0 amide bonds. The zero-order valence-electron chi connectivity index (χ0n) is 18.6. The van der Waals surface area contributed by atoms with Crippen molar-refractivity contribution in [3.8, 4) is 11.4 Å². The van der Waals surface area contributed by atoms with Gasteiger partial charge in [-0.1, -0.05) is 36.7 Å². The van der Waals surface area contributed by atoms with Gasteiger partial charge in [-0.15, -0.1) is 0 Å². The van der Waals surface area contributed by atoms with Crippen LogP contribution in [0, 0.1) is 11.7 Å². The minimum atomic E-state index is -0.772. The molecule has 1 aliphatic heterocycles. The molecule has 0 fully saturated rings. The molecule has 33 heavy (non-hydrogen) atoms. The van der Waals surface area contributed by atoms with Crippen LogP contribution in [0.2, 0.25) is 5.02 Å². The Balaban J connectivity index is 1.41. The third-order valence-electron chi connectivity index (χ3n) is 6.00. The molecule has 3 aromatic rings. The first-order valence-electron chi connectivity index (χ1n) is 11.2. The number of nitrogens with zero attached hydrogens (tertiary/aromatic N) is 3. The molecular weight excluding hydrogens is 441 g/mol. The Labute approximate surface area is 198 Å². The zero-order chi connectivity index (χ0) is 23.4. The van der Waals surface area contributed by atoms with Crippen LogP contribution in [-0.2, 0) is 30.6 Å². The van der Waals surface area contributed by atoms with Gasteiger partial charge >= 0.3 is 5.97 Å². The fourth-order valence-corrected chi connectivity index (χ4v) is 4.42. The average molecular weight is 468 g/mol. The minimum Gasteiger partial charge on any atom is -0.481 e. The highest BCUT2D eigenvalue weighted by Crippen LogP contribution is 2.25. The second kappa shape index (κ2) is 10.4. The predicted molar refractivity (Wildman–Crippen MR) is 127 cm³/mol. The second-order valence-corrected chi connectivity index (χ2v) is 9.23. The lowest BCUT2D eigenvalue weighted by Crippen LogP contribution is -2.35. The van der Waals surface area contributed by atoms with Crippen LogP contribution in [0.5, 0.6) is 0 Å². The quantitative estimate of drug-likeness (QED) is 0.493. The van der Waals surface area contributed by atoms with Crippen LogP contribution in [0.3, 0.4) is 0 Å². The van der Waals surface area contributed by atoms with Crippen LogP contribution in [0.15, 0.2) is 48.7 Å². The number of halogens is 2. The largest absolute Gasteiger partial charge is 0.481 e. The van der Waals surface area contributed by atoms with E-state index in [2.05, 4.69) is 14.9 Å². The first-order valence-corrected chi connectivity index (χ1v) is 11.6. The highest BCUT2D eigenvalue weighted by molar-refractivity contribution is 6.30. The number of aromatic nitrogens is 2. The average Bonchev–Trinajstić information content (AvgIpc) is 2.78. The lowest BCUT2D eigenvalue weighted by Gasteiger charge is -2.29. The molecule has 1 aliphatic rings. The van der Waals surface area contributed by atoms with Gasteiger partial charge < -0.3 is 5.11 Å². The standard InChI is InChI=1S/C26H27ClFN3O2/c1-17(12-25(32)33)15-31-11-10-24-20(16-31)14-29-26(30-24)22-9-6-19(13-23(22)28)3-2-18-4-7-21(27)8-5-18/h4-9,13-14,17H,2-3,10-12,15-16H2,1H3,(H,32,33). The van der Waals surface area contributed by atoms with Gasteiger partial charge in [-0.25, -0.2) is 14.4 Å². The molecule has 2 heterocycles. The number of aryl methyl sites for hydroxylation is 2. The highest BCUT2D eigenvalue weighted by atomic mass is 35.5. The molecule has 0 saturated carbocycles. The molecule has 0 bridgehead atoms. The molecule has 0 saturated heterocycles. The van der Waals surface area contributed by atoms with E-state index in [1.165, 1.54) is 0 Å². The third kappa shape index (κ3) is 6.15. The van der Waals surface area contributed by atoms with Crippen molar-refractivity contribution in [1.82, 2.24) is 14.9 Å². The summed E-state index contributed by atoms with van der Waals surface area (Å²) in [6, 6.07) is 13.0. The summed E-state index contributed by atoms with van der Waals surface area (Å²) < 4.78 is 14.9. The minimum absolute atomic E-state index is 0.0801. The topological polar surface area (TPSA) is 66.3 Å². The highest BCUT2D eigenvalue weighted by Gasteiger charge is 2.21. The van der Waals surface area contributed by atoms with Gasteiger partial charge in [-0.05, 0) is 54.2 Å². The van der Waals surface area contributed by atoms with Crippen LogP contribution < -0.4 is 0 Å². The Morgan fingerprint density at radius 2 is 1.91 bits per heavy atom. The van der Waals surface area contributed by atoms with Crippen LogP contribution in [0.25, 0.3) is 11.4 Å². The predicted octanol–water partition coefficient (Wildman–Crippen LogP) is 5.19. The van der Waals surface area contributed by atoms with E-state index in [-0.39, 0.29) is 18.2 Å². The lowest BCUT2D eigenvalue weighted by atomic mass is 10.0. The van der Waals surface area contributed by atoms with E-state index >= 15 is 0 Å². The summed E-state index contributed by atoms with van der Waals surface area (Å²) in [6.45, 7) is 4.16. The molecule has 2 aromatic carbocycles. The number of benzene rings is 2. The molecule has 172 valence electrons. The molecule has 1 unspecified atom stereocenters. The van der Waals surface area contributed by atoms with Crippen molar-refractivity contribution < 1.29 is 14.3 Å². The maximum absolute atomic E-state index is 14.9. The van der Waals surface area contributed by atoms with Gasteiger partial charge in [0.25, 0.3) is 0 Å². The summed E-state index contributed by atoms with van der Waals surface area (Å²) >= 11 is 5.93. The summed E-state index contributed by atoms with van der Waals surface area (Å²) in [5, 5.41) is 9.68. The van der Waals surface area contributed by atoms with E-state index in [9.17, 15) is 9.18 Å². The monoisotopic (exact) mass is 467 g/mol. The van der Waals surface area contributed by atoms with E-state index in [1.807, 2.05) is 37.3 Å². The van der Waals surface area contributed by atoms with Gasteiger partial charge in [0.05, 0.1) is 11.3 Å². The van der Waals surface area contributed by atoms with Crippen molar-refractivity contribution in [2.75, 3.05) is 13.1 Å². The van der Waals surface area contributed by atoms with Gasteiger partial charge in [-0.2, -0.15) is 0 Å². The number of carbonyl (C=O) groups is 1. The number of carboxylic acids is 1. The van der Waals surface area contributed by atoms with Crippen LogP contribution >= 0.6 is 11.6 Å². The molecule has 1 N–H and O–H groups in total. The second-order valence-electron chi connectivity index (χ2n) is 8.79. The molecule has 1 atom stereocenters. The third-order valence-corrected chi connectivity index (χ3v) is 6.25. The molecule has 0 spiro atoms. The van der Waals surface area contributed by atoms with E-state index in [0.29, 0.717) is 23.0 Å². The Hall–Kier alpha value is -2.83. The van der Waals surface area contributed by atoms with Crippen LogP contribution in [0.1, 0.15) is 35.7 Å². The van der Waals surface area contributed by atoms with Crippen molar-refractivity contribution in [1.29, 1.82) is 0 Å². The maximum Gasteiger partial charge on any atom is 0.303 e. The van der Waals surface area contributed by atoms with Gasteiger partial charge in [0, 0.05) is 49.3 Å². The number of rotatable bonds is 8. The first kappa shape index (κ1) is 23.3. The van der Waals surface area contributed by atoms with Gasteiger partial charge in [0.2, 0.25) is 0 Å². The fourth-order valence-electron chi connectivity index (χ4n) is 4.30. The SMILES string of the molecule is CC(CC(=O)O)CN1CCc2nc(-c3ccc(CCc4ccc(Cl)cc4)cc3F)ncc2C1. The van der Waals surface area contributed by atoms with Gasteiger partial charge in [0.1, 0.15) is 5.82 Å². The maximum atomic E-state index is 14.9. The molecule has 5 nitrogen and oxygen atoms in total. The zero-order valence-corrected chi connectivity index (χ0v) is 19.4. The van der Waals surface area contributed by atoms with Crippen molar-refractivity contribution in [3.05, 3.63) is 81.9 Å². The Morgan fingerprint density at radius 1 is 1.18 bits per heavy atom. The fraction of sp³-hybridized carbons (Fsp3) is 0.346. The molecule has 1 aromatic heterocycles. The summed E-state index contributed by atoms with van der Waals surface area (Å²) in [5.41, 5.74) is 4.45. The van der Waals surface area contributed by atoms with E-state index in [0.717, 1.165) is 54.7 Å². The summed E-state index contributed by atoms with van der Waals surface area (Å²) in [7, 11) is 0. The number of carboxylic acid groups (broad SMARTS) is 1. The summed E-state index contributed by atoms with van der Waals surface area (Å²) in [4.78, 5) is 22.2. The van der Waals surface area contributed by atoms with Crippen molar-refractivity contribution in [2.24, 2.45) is 5.92 Å². The summed E-state index contributed by atoms with van der Waals surface area (Å²) in [5.74, 6) is -0.603. The van der Waals surface area contributed by atoms with Gasteiger partial charge in [0.15, 0.2) is 5.82 Å². The van der Waals surface area contributed by atoms with E-state index < -0.39 is 5.97 Å². The first-order chi connectivity index (χ1) is 15.9. The van der Waals surface area contributed by atoms with Crippen molar-refractivity contribution in [2.45, 2.75) is 39.2 Å². The van der Waals surface area contributed by atoms with Crippen molar-refractivity contribution in [3.63, 3.8) is 0 Å². The molecular formula is C26H27ClFN3O2. The molecule has 0 radical (unpaired) electrons. The summed E-state index contributed by atoms with van der Waals surface area (Å²) in [6.07, 6.45) is 4.23. The Morgan fingerprint density at radius 3 is 2.64 bits per heavy atom. The normalized spacial score (nSPS) is 14.6. The lowest BCUT2D eigenvalue weighted by molar-refractivity contribution is -0.138. The number of hydrogen-bond acceptors (Lipinski definition) is 4. The Kier molecular flexibility index (Phi) is 7.36. The molecule has 7 heteroatoms. The Bertz CT molecular complexity index is 1140. The van der Waals surface area contributed by atoms with Crippen LogP contribution in [0.4, 0.5) is 4.39 Å². The number of hydrogen-bond donors (Lipinski definition) is 1. The van der Waals surface area contributed by atoms with E-state index in [4.69, 9.17) is 16.7 Å².